The molecular weight excluding hydrogens is 843 g/mol. The molecular formula is C63H39N5O. The van der Waals surface area contributed by atoms with Crippen LogP contribution in [0.2, 0.25) is 0 Å². The van der Waals surface area contributed by atoms with Crippen LogP contribution in [0.3, 0.4) is 0 Å². The highest BCUT2D eigenvalue weighted by Gasteiger charge is 2.20. The van der Waals surface area contributed by atoms with Gasteiger partial charge in [-0.15, -0.1) is 0 Å². The lowest BCUT2D eigenvalue weighted by molar-refractivity contribution is 0.669. The first-order valence-electron chi connectivity index (χ1n) is 23.3. The van der Waals surface area contributed by atoms with Gasteiger partial charge in [0.25, 0.3) is 0 Å². The number of hydrogen-bond acceptors (Lipinski definition) is 4. The van der Waals surface area contributed by atoms with Crippen molar-refractivity contribution in [2.24, 2.45) is 0 Å². The summed E-state index contributed by atoms with van der Waals surface area (Å²) in [6.45, 7) is 0. The number of nitrogens with zero attached hydrogens (tertiary/aromatic N) is 5. The number of aromatic nitrogens is 5. The third kappa shape index (κ3) is 6.38. The molecule has 6 heteroatoms. The van der Waals surface area contributed by atoms with Crippen molar-refractivity contribution in [3.05, 3.63) is 237 Å². The molecule has 69 heavy (non-hydrogen) atoms. The van der Waals surface area contributed by atoms with Crippen molar-refractivity contribution in [3.8, 4) is 67.8 Å². The first-order chi connectivity index (χ1) is 34.2. The van der Waals surface area contributed by atoms with Gasteiger partial charge in [-0.3, -0.25) is 0 Å². The van der Waals surface area contributed by atoms with Crippen LogP contribution in [0.4, 0.5) is 0 Å². The maximum atomic E-state index is 6.53. The fourth-order valence-corrected chi connectivity index (χ4v) is 10.4. The summed E-state index contributed by atoms with van der Waals surface area (Å²) in [4.78, 5) is 15.0. The predicted molar refractivity (Wildman–Crippen MR) is 283 cm³/mol. The maximum absolute atomic E-state index is 6.53. The van der Waals surface area contributed by atoms with Crippen LogP contribution < -0.4 is 0 Å². The minimum absolute atomic E-state index is 0.602. The van der Waals surface area contributed by atoms with Crippen molar-refractivity contribution in [1.82, 2.24) is 24.1 Å². The number of hydrogen-bond donors (Lipinski definition) is 0. The zero-order valence-electron chi connectivity index (χ0n) is 37.2. The molecule has 0 N–H and O–H groups in total. The zero-order valence-corrected chi connectivity index (χ0v) is 37.2. The summed E-state index contributed by atoms with van der Waals surface area (Å²) in [6, 6.07) is 83.6. The van der Waals surface area contributed by atoms with Crippen molar-refractivity contribution in [1.29, 1.82) is 0 Å². The lowest BCUT2D eigenvalue weighted by Gasteiger charge is -2.10. The van der Waals surface area contributed by atoms with Gasteiger partial charge >= 0.3 is 0 Å². The van der Waals surface area contributed by atoms with E-state index in [9.17, 15) is 0 Å². The van der Waals surface area contributed by atoms with Gasteiger partial charge in [-0.2, -0.15) is 0 Å². The monoisotopic (exact) mass is 881 g/mol. The average molecular weight is 882 g/mol. The topological polar surface area (TPSA) is 61.7 Å². The van der Waals surface area contributed by atoms with E-state index in [4.69, 9.17) is 19.4 Å². The lowest BCUT2D eigenvalue weighted by atomic mass is 9.96. The van der Waals surface area contributed by atoms with Gasteiger partial charge in [-0.05, 0) is 107 Å². The van der Waals surface area contributed by atoms with Gasteiger partial charge in [0.15, 0.2) is 17.5 Å². The van der Waals surface area contributed by atoms with Crippen molar-refractivity contribution >= 4 is 65.6 Å². The molecule has 0 aliphatic carbocycles. The van der Waals surface area contributed by atoms with Gasteiger partial charge in [0, 0.05) is 60.4 Å². The van der Waals surface area contributed by atoms with Gasteiger partial charge in [0.2, 0.25) is 0 Å². The first-order valence-corrected chi connectivity index (χ1v) is 23.3. The smallest absolute Gasteiger partial charge is 0.164 e. The normalized spacial score (nSPS) is 11.8. The summed E-state index contributed by atoms with van der Waals surface area (Å²) in [5.41, 5.74) is 15.9. The van der Waals surface area contributed by atoms with E-state index >= 15 is 0 Å². The van der Waals surface area contributed by atoms with Crippen LogP contribution in [0.1, 0.15) is 0 Å². The highest BCUT2D eigenvalue weighted by molar-refractivity contribution is 6.18. The van der Waals surface area contributed by atoms with Crippen LogP contribution in [-0.2, 0) is 0 Å². The molecule has 0 saturated heterocycles. The van der Waals surface area contributed by atoms with Gasteiger partial charge in [0.1, 0.15) is 11.2 Å². The van der Waals surface area contributed by atoms with Crippen molar-refractivity contribution in [2.45, 2.75) is 0 Å². The third-order valence-corrected chi connectivity index (χ3v) is 13.6. The Hall–Kier alpha value is -9.39. The predicted octanol–water partition coefficient (Wildman–Crippen LogP) is 16.3. The second-order valence-corrected chi connectivity index (χ2v) is 17.6. The molecule has 0 aliphatic rings. The zero-order chi connectivity index (χ0) is 45.4. The number of benzene rings is 10. The number of para-hydroxylation sites is 3. The molecule has 0 amide bonds. The molecule has 0 aliphatic heterocycles. The Morgan fingerprint density at radius 3 is 1.41 bits per heavy atom. The molecule has 0 spiro atoms. The van der Waals surface area contributed by atoms with E-state index in [1.54, 1.807) is 0 Å². The van der Waals surface area contributed by atoms with Crippen LogP contribution in [0.25, 0.3) is 133 Å². The van der Waals surface area contributed by atoms with Gasteiger partial charge < -0.3 is 13.6 Å². The Labute approximate surface area is 396 Å². The second-order valence-electron chi connectivity index (χ2n) is 17.6. The Bertz CT molecular complexity index is 4230. The van der Waals surface area contributed by atoms with Crippen LogP contribution in [0.15, 0.2) is 241 Å². The molecule has 4 heterocycles. The number of furan rings is 1. The van der Waals surface area contributed by atoms with E-state index in [2.05, 4.69) is 173 Å². The fraction of sp³-hybridized carbons (Fsp3) is 0. The summed E-state index contributed by atoms with van der Waals surface area (Å²) in [5, 5.41) is 6.88. The molecule has 0 fully saturated rings. The molecule has 14 rings (SSSR count). The van der Waals surface area contributed by atoms with Crippen molar-refractivity contribution in [3.63, 3.8) is 0 Å². The van der Waals surface area contributed by atoms with E-state index in [0.29, 0.717) is 17.5 Å². The molecule has 0 unspecified atom stereocenters. The van der Waals surface area contributed by atoms with Crippen LogP contribution in [-0.4, -0.2) is 24.1 Å². The summed E-state index contributed by atoms with van der Waals surface area (Å²) in [5.74, 6) is 1.85. The quantitative estimate of drug-likeness (QED) is 0.160. The first kappa shape index (κ1) is 38.8. The number of fused-ring (bicyclic) bond motifs is 9. The maximum Gasteiger partial charge on any atom is 0.164 e. The Balaban J connectivity index is 0.947. The highest BCUT2D eigenvalue weighted by Crippen LogP contribution is 2.43. The lowest BCUT2D eigenvalue weighted by Crippen LogP contribution is -2.00. The molecule has 10 aromatic carbocycles. The van der Waals surface area contributed by atoms with E-state index in [-0.39, 0.29) is 0 Å². The molecule has 0 atom stereocenters. The van der Waals surface area contributed by atoms with Gasteiger partial charge in [-0.1, -0.05) is 152 Å². The molecule has 6 nitrogen and oxygen atoms in total. The number of rotatable bonds is 7. The summed E-state index contributed by atoms with van der Waals surface area (Å²) >= 11 is 0. The minimum Gasteiger partial charge on any atom is -0.456 e. The molecule has 322 valence electrons. The van der Waals surface area contributed by atoms with Gasteiger partial charge in [0.05, 0.1) is 22.1 Å². The average Bonchev–Trinajstić information content (AvgIpc) is 4.08. The van der Waals surface area contributed by atoms with E-state index in [1.165, 1.54) is 32.6 Å². The fourth-order valence-electron chi connectivity index (χ4n) is 10.4. The molecule has 0 radical (unpaired) electrons. The minimum atomic E-state index is 0.602. The van der Waals surface area contributed by atoms with Crippen LogP contribution >= 0.6 is 0 Å². The summed E-state index contributed by atoms with van der Waals surface area (Å²) in [6.07, 6.45) is 0. The van der Waals surface area contributed by atoms with E-state index in [1.807, 2.05) is 72.8 Å². The van der Waals surface area contributed by atoms with E-state index in [0.717, 1.165) is 83.3 Å². The summed E-state index contributed by atoms with van der Waals surface area (Å²) in [7, 11) is 0. The highest BCUT2D eigenvalue weighted by atomic mass is 16.3. The summed E-state index contributed by atoms with van der Waals surface area (Å²) < 4.78 is 11.3. The van der Waals surface area contributed by atoms with E-state index < -0.39 is 0 Å². The van der Waals surface area contributed by atoms with Crippen LogP contribution in [0.5, 0.6) is 0 Å². The largest absolute Gasteiger partial charge is 0.456 e. The van der Waals surface area contributed by atoms with Crippen molar-refractivity contribution < 1.29 is 4.42 Å². The molecule has 14 aromatic rings. The molecule has 4 aromatic heterocycles. The van der Waals surface area contributed by atoms with Crippen LogP contribution in [0, 0.1) is 0 Å². The third-order valence-electron chi connectivity index (χ3n) is 13.6. The second kappa shape index (κ2) is 15.6. The SMILES string of the molecule is c1ccc(-c2nc(-c3ccccc3)nc(-c3ccc4oc5ccc(-c6cccc7c6c6cc(-c8ccc9c%10ccccc%10n(-c%10ccccc%10)c9c8)ccc6n7-c6ccccc6)cc5c4c3)n2)cc1. The Morgan fingerprint density at radius 2 is 0.739 bits per heavy atom. The molecule has 0 bridgehead atoms. The van der Waals surface area contributed by atoms with Gasteiger partial charge in [-0.25, -0.2) is 15.0 Å². The standard InChI is InChI=1S/C63H39N5O/c1-5-16-40(17-6-1)61-64-62(41-18-7-2-8-19-41)66-63(65-61)45-31-35-59-52(38-45)51-37-44(30-34-58(51)69-59)48-25-15-27-56-60(48)53-36-42(29-33-55(53)67(56)46-20-9-3-10-21-46)43-28-32-50-49-24-13-14-26-54(49)68(57(50)39-43)47-22-11-4-12-23-47/h1-39H. The Kier molecular flexibility index (Phi) is 8.79. The Morgan fingerprint density at radius 1 is 0.275 bits per heavy atom. The molecule has 0 saturated carbocycles. The van der Waals surface area contributed by atoms with Crippen molar-refractivity contribution in [2.75, 3.05) is 0 Å².